The largest absolute Gasteiger partial charge is 0.438 e. The third kappa shape index (κ3) is 4.28. The van der Waals surface area contributed by atoms with Crippen LogP contribution in [0.3, 0.4) is 0 Å². The van der Waals surface area contributed by atoms with E-state index in [1.54, 1.807) is 42.5 Å². The molecule has 0 unspecified atom stereocenters. The topological polar surface area (TPSA) is 132 Å². The minimum absolute atomic E-state index is 0.129. The number of nitriles is 1. The van der Waals surface area contributed by atoms with E-state index in [-0.39, 0.29) is 23.0 Å². The molecule has 0 saturated carbocycles. The maximum atomic E-state index is 9.38. The number of nitrogens with two attached hydrogens (primary N) is 2. The lowest BCUT2D eigenvalue weighted by atomic mass is 10.2. The second-order valence-corrected chi connectivity index (χ2v) is 5.67. The maximum absolute atomic E-state index is 9.38. The molecule has 3 aromatic rings. The molecule has 140 valence electrons. The number of rotatable bonds is 6. The zero-order valence-corrected chi connectivity index (χ0v) is 15.1. The van der Waals surface area contributed by atoms with E-state index in [1.165, 1.54) is 7.11 Å². The number of amidine groups is 1. The number of ether oxygens (including phenoxy) is 1. The average molecular weight is 374 g/mol. The highest BCUT2D eigenvalue weighted by Crippen LogP contribution is 2.30. The number of pyridine rings is 1. The summed E-state index contributed by atoms with van der Waals surface area (Å²) in [6.07, 6.45) is 0. The van der Waals surface area contributed by atoms with Crippen molar-refractivity contribution in [2.45, 2.75) is 0 Å². The van der Waals surface area contributed by atoms with Crippen molar-refractivity contribution in [3.05, 3.63) is 71.8 Å². The number of nitrogen functional groups attached to an aromatic ring is 1. The van der Waals surface area contributed by atoms with Crippen LogP contribution in [-0.2, 0) is 4.84 Å². The van der Waals surface area contributed by atoms with E-state index < -0.39 is 0 Å². The van der Waals surface area contributed by atoms with Crippen molar-refractivity contribution in [1.29, 1.82) is 5.26 Å². The number of aromatic nitrogens is 1. The molecule has 8 nitrogen and oxygen atoms in total. The fourth-order valence-electron chi connectivity index (χ4n) is 2.41. The molecule has 0 radical (unpaired) electrons. The van der Waals surface area contributed by atoms with Crippen LogP contribution in [0, 0.1) is 11.3 Å². The molecule has 0 spiro atoms. The van der Waals surface area contributed by atoms with E-state index in [4.69, 9.17) is 16.2 Å². The molecule has 0 atom stereocenters. The SMILES string of the molecule is CO/N=C(/N)c1ccc(Nc2cc(N)c(C#N)c(Oc3ccccc3)n2)cc1. The van der Waals surface area contributed by atoms with Gasteiger partial charge in [0.1, 0.15) is 30.3 Å². The van der Waals surface area contributed by atoms with Crippen LogP contribution in [0.5, 0.6) is 11.6 Å². The van der Waals surface area contributed by atoms with Gasteiger partial charge < -0.3 is 26.4 Å². The third-order valence-electron chi connectivity index (χ3n) is 3.73. The molecule has 2 aromatic carbocycles. The van der Waals surface area contributed by atoms with Crippen LogP contribution < -0.4 is 21.5 Å². The van der Waals surface area contributed by atoms with Crippen LogP contribution in [0.25, 0.3) is 0 Å². The number of benzene rings is 2. The Hall–Kier alpha value is -4.25. The molecular formula is C20H18N6O2. The summed E-state index contributed by atoms with van der Waals surface area (Å²) in [4.78, 5) is 9.04. The summed E-state index contributed by atoms with van der Waals surface area (Å²) in [5.74, 6) is 1.40. The van der Waals surface area contributed by atoms with Gasteiger partial charge in [0, 0.05) is 17.3 Å². The maximum Gasteiger partial charge on any atom is 0.241 e. The summed E-state index contributed by atoms with van der Waals surface area (Å²) < 4.78 is 5.74. The van der Waals surface area contributed by atoms with Crippen molar-refractivity contribution in [2.75, 3.05) is 18.2 Å². The molecule has 1 heterocycles. The Balaban J connectivity index is 1.86. The van der Waals surface area contributed by atoms with Crippen molar-refractivity contribution >= 4 is 23.0 Å². The molecule has 0 aliphatic heterocycles. The normalized spacial score (nSPS) is 10.8. The Morgan fingerprint density at radius 1 is 1.14 bits per heavy atom. The van der Waals surface area contributed by atoms with Crippen molar-refractivity contribution in [1.82, 2.24) is 4.98 Å². The van der Waals surface area contributed by atoms with Gasteiger partial charge in [0.05, 0.1) is 5.69 Å². The number of anilines is 3. The number of nitrogens with zero attached hydrogens (tertiary/aromatic N) is 3. The summed E-state index contributed by atoms with van der Waals surface area (Å²) in [6, 6.07) is 19.8. The average Bonchev–Trinajstić information content (AvgIpc) is 2.69. The van der Waals surface area contributed by atoms with Crippen LogP contribution in [0.2, 0.25) is 0 Å². The van der Waals surface area contributed by atoms with Gasteiger partial charge in [-0.25, -0.2) is 0 Å². The van der Waals surface area contributed by atoms with Crippen LogP contribution >= 0.6 is 0 Å². The standard InChI is InChI=1S/C20H18N6O2/c1-27-26-19(23)13-7-9-14(10-8-13)24-18-11-17(22)16(12-21)20(25-18)28-15-5-3-2-4-6-15/h2-11H,1H3,(H2,23,26)(H3,22,24,25). The highest BCUT2D eigenvalue weighted by Gasteiger charge is 2.13. The molecule has 0 fully saturated rings. The Morgan fingerprint density at radius 3 is 2.50 bits per heavy atom. The summed E-state index contributed by atoms with van der Waals surface area (Å²) in [6.45, 7) is 0. The van der Waals surface area contributed by atoms with Gasteiger partial charge in [-0.1, -0.05) is 23.4 Å². The van der Waals surface area contributed by atoms with E-state index in [1.807, 2.05) is 24.3 Å². The van der Waals surface area contributed by atoms with Crippen LogP contribution in [0.15, 0.2) is 65.8 Å². The summed E-state index contributed by atoms with van der Waals surface area (Å²) in [5.41, 5.74) is 13.7. The molecule has 1 aromatic heterocycles. The van der Waals surface area contributed by atoms with Gasteiger partial charge in [0.25, 0.3) is 0 Å². The molecule has 5 N–H and O–H groups in total. The van der Waals surface area contributed by atoms with Crippen molar-refractivity contribution in [2.24, 2.45) is 10.9 Å². The van der Waals surface area contributed by atoms with Crippen LogP contribution in [0.1, 0.15) is 11.1 Å². The Bertz CT molecular complexity index is 1030. The smallest absolute Gasteiger partial charge is 0.241 e. The van der Waals surface area contributed by atoms with E-state index >= 15 is 0 Å². The summed E-state index contributed by atoms with van der Waals surface area (Å²) in [7, 11) is 1.43. The monoisotopic (exact) mass is 374 g/mol. The molecule has 0 aliphatic carbocycles. The number of para-hydroxylation sites is 1. The van der Waals surface area contributed by atoms with E-state index in [9.17, 15) is 5.26 Å². The first-order valence-corrected chi connectivity index (χ1v) is 8.28. The molecule has 3 rings (SSSR count). The number of hydrogen-bond donors (Lipinski definition) is 3. The minimum atomic E-state index is 0.129. The predicted molar refractivity (Wildman–Crippen MR) is 107 cm³/mol. The Morgan fingerprint density at radius 2 is 1.86 bits per heavy atom. The van der Waals surface area contributed by atoms with Crippen LogP contribution in [-0.4, -0.2) is 17.9 Å². The Kier molecular flexibility index (Phi) is 5.58. The molecule has 28 heavy (non-hydrogen) atoms. The van der Waals surface area contributed by atoms with Crippen LogP contribution in [0.4, 0.5) is 17.2 Å². The van der Waals surface area contributed by atoms with Gasteiger partial charge in [-0.05, 0) is 36.4 Å². The third-order valence-corrected chi connectivity index (χ3v) is 3.73. The quantitative estimate of drug-likeness (QED) is 0.342. The second-order valence-electron chi connectivity index (χ2n) is 5.67. The molecule has 0 amide bonds. The zero-order chi connectivity index (χ0) is 19.9. The van der Waals surface area contributed by atoms with Gasteiger partial charge in [-0.3, -0.25) is 0 Å². The summed E-state index contributed by atoms with van der Waals surface area (Å²) in [5, 5.41) is 16.2. The number of nitrogens with one attached hydrogen (secondary N) is 1. The first kappa shape index (κ1) is 18.5. The van der Waals surface area contributed by atoms with E-state index in [2.05, 4.69) is 20.3 Å². The summed E-state index contributed by atoms with van der Waals surface area (Å²) >= 11 is 0. The molecular weight excluding hydrogens is 356 g/mol. The van der Waals surface area contributed by atoms with E-state index in [0.717, 1.165) is 5.69 Å². The first-order chi connectivity index (χ1) is 13.6. The van der Waals surface area contributed by atoms with Gasteiger partial charge in [-0.15, -0.1) is 0 Å². The van der Waals surface area contributed by atoms with Crippen molar-refractivity contribution in [3.63, 3.8) is 0 Å². The van der Waals surface area contributed by atoms with Crippen molar-refractivity contribution < 1.29 is 9.57 Å². The van der Waals surface area contributed by atoms with Gasteiger partial charge >= 0.3 is 0 Å². The van der Waals surface area contributed by atoms with Gasteiger partial charge in [-0.2, -0.15) is 10.2 Å². The fraction of sp³-hybridized carbons (Fsp3) is 0.0500. The Labute approximate surface area is 162 Å². The van der Waals surface area contributed by atoms with Gasteiger partial charge in [0.15, 0.2) is 5.84 Å². The fourth-order valence-corrected chi connectivity index (χ4v) is 2.41. The highest BCUT2D eigenvalue weighted by atomic mass is 16.6. The molecule has 8 heteroatoms. The highest BCUT2D eigenvalue weighted by molar-refractivity contribution is 5.97. The van der Waals surface area contributed by atoms with Crippen molar-refractivity contribution in [3.8, 4) is 17.7 Å². The van der Waals surface area contributed by atoms with E-state index in [0.29, 0.717) is 17.1 Å². The lowest BCUT2D eigenvalue weighted by Crippen LogP contribution is -2.13. The lowest BCUT2D eigenvalue weighted by molar-refractivity contribution is 0.213. The second kappa shape index (κ2) is 8.42. The zero-order valence-electron chi connectivity index (χ0n) is 15.1. The van der Waals surface area contributed by atoms with Gasteiger partial charge in [0.2, 0.25) is 5.88 Å². The first-order valence-electron chi connectivity index (χ1n) is 8.28. The molecule has 0 bridgehead atoms. The lowest BCUT2D eigenvalue weighted by Gasteiger charge is -2.12. The number of hydrogen-bond acceptors (Lipinski definition) is 7. The molecule has 0 aliphatic rings. The molecule has 0 saturated heterocycles. The minimum Gasteiger partial charge on any atom is -0.438 e. The predicted octanol–water partition coefficient (Wildman–Crippen LogP) is 3.34. The number of oxime groups is 1.